The average molecular weight is 473 g/mol. The lowest BCUT2D eigenvalue weighted by Crippen LogP contribution is -2.23. The second-order valence-corrected chi connectivity index (χ2v) is 10.3. The Morgan fingerprint density at radius 2 is 2.08 bits per heavy atom. The number of thiazole rings is 1. The van der Waals surface area contributed by atoms with Crippen molar-refractivity contribution < 1.29 is 13.2 Å². The van der Waals surface area contributed by atoms with Crippen LogP contribution in [0.1, 0.15) is 4.88 Å². The lowest BCUT2D eigenvalue weighted by Gasteiger charge is -2.06. The normalized spacial score (nSPS) is 11.7. The maximum absolute atomic E-state index is 11.1. The molecule has 0 radical (unpaired) electrons. The predicted octanol–water partition coefficient (Wildman–Crippen LogP) is 4.40. The van der Waals surface area contributed by atoms with Crippen LogP contribution in [0.3, 0.4) is 0 Å². The quantitative estimate of drug-likeness (QED) is 0.552. The summed E-state index contributed by atoms with van der Waals surface area (Å²) in [6, 6.07) is 9.89. The summed E-state index contributed by atoms with van der Waals surface area (Å²) in [5, 5.41) is 2.92. The molecule has 0 aliphatic rings. The highest BCUT2D eigenvalue weighted by Crippen LogP contribution is 2.37. The molecule has 2 heterocycles. The minimum Gasteiger partial charge on any atom is -0.496 e. The van der Waals surface area contributed by atoms with Gasteiger partial charge in [0.15, 0.2) is 0 Å². The first-order valence-electron chi connectivity index (χ1n) is 7.69. The number of aromatic nitrogens is 1. The fourth-order valence-corrected chi connectivity index (χ4v) is 5.08. The van der Waals surface area contributed by atoms with Crippen LogP contribution in [0.25, 0.3) is 21.1 Å². The molecule has 0 amide bonds. The van der Waals surface area contributed by atoms with Crippen molar-refractivity contribution in [1.82, 2.24) is 9.71 Å². The lowest BCUT2D eigenvalue weighted by molar-refractivity contribution is 0.416. The molecule has 1 aromatic carbocycles. The number of sulfonamides is 1. The molecular formula is C17H17BrN2O3S3. The van der Waals surface area contributed by atoms with Gasteiger partial charge in [-0.15, -0.1) is 22.7 Å². The van der Waals surface area contributed by atoms with Gasteiger partial charge < -0.3 is 4.74 Å². The van der Waals surface area contributed by atoms with Crippen LogP contribution < -0.4 is 9.46 Å². The van der Waals surface area contributed by atoms with E-state index in [1.807, 2.05) is 35.7 Å². The second-order valence-electron chi connectivity index (χ2n) is 5.56. The summed E-state index contributed by atoms with van der Waals surface area (Å²) in [7, 11) is -1.50. The first kappa shape index (κ1) is 19.5. The molecule has 9 heteroatoms. The Hall–Kier alpha value is -1.26. The molecule has 0 saturated heterocycles. The summed E-state index contributed by atoms with van der Waals surface area (Å²) in [6.45, 7) is 0.399. The van der Waals surface area contributed by atoms with Gasteiger partial charge in [0.25, 0.3) is 0 Å². The summed E-state index contributed by atoms with van der Waals surface area (Å²) < 4.78 is 31.2. The molecule has 0 saturated carbocycles. The van der Waals surface area contributed by atoms with Gasteiger partial charge in [-0.05, 0) is 36.8 Å². The van der Waals surface area contributed by atoms with Gasteiger partial charge in [0.1, 0.15) is 10.8 Å². The van der Waals surface area contributed by atoms with Gasteiger partial charge in [0.2, 0.25) is 10.0 Å². The van der Waals surface area contributed by atoms with Crippen LogP contribution in [-0.4, -0.2) is 33.3 Å². The van der Waals surface area contributed by atoms with Crippen molar-refractivity contribution in [2.24, 2.45) is 0 Å². The SMILES string of the molecule is COc1ccc(Br)cc1-c1nc(-c2ccc(CCNS(C)(=O)=O)s2)cs1. The van der Waals surface area contributed by atoms with Crippen LogP contribution in [-0.2, 0) is 16.4 Å². The summed E-state index contributed by atoms with van der Waals surface area (Å²) in [6.07, 6.45) is 1.83. The molecule has 26 heavy (non-hydrogen) atoms. The van der Waals surface area contributed by atoms with Crippen LogP contribution in [0.4, 0.5) is 0 Å². The molecule has 0 bridgehead atoms. The fourth-order valence-electron chi connectivity index (χ4n) is 2.37. The fraction of sp³-hybridized carbons (Fsp3) is 0.235. The van der Waals surface area contributed by atoms with Crippen molar-refractivity contribution in [2.75, 3.05) is 19.9 Å². The highest BCUT2D eigenvalue weighted by atomic mass is 79.9. The monoisotopic (exact) mass is 472 g/mol. The largest absolute Gasteiger partial charge is 0.496 e. The molecule has 0 spiro atoms. The third-order valence-electron chi connectivity index (χ3n) is 3.55. The van der Waals surface area contributed by atoms with Crippen LogP contribution in [0.2, 0.25) is 0 Å². The van der Waals surface area contributed by atoms with Crippen molar-refractivity contribution in [3.05, 3.63) is 45.1 Å². The Balaban J connectivity index is 1.78. The van der Waals surface area contributed by atoms with E-state index < -0.39 is 10.0 Å². The summed E-state index contributed by atoms with van der Waals surface area (Å²) >= 11 is 6.69. The van der Waals surface area contributed by atoms with Crippen molar-refractivity contribution in [3.8, 4) is 26.9 Å². The topological polar surface area (TPSA) is 68.3 Å². The predicted molar refractivity (Wildman–Crippen MR) is 112 cm³/mol. The Bertz CT molecular complexity index is 1010. The molecule has 0 aliphatic carbocycles. The summed E-state index contributed by atoms with van der Waals surface area (Å²) in [4.78, 5) is 6.93. The molecule has 138 valence electrons. The minimum absolute atomic E-state index is 0.399. The summed E-state index contributed by atoms with van der Waals surface area (Å²) in [5.74, 6) is 0.785. The Morgan fingerprint density at radius 1 is 1.27 bits per heavy atom. The number of nitrogens with one attached hydrogen (secondary N) is 1. The molecule has 3 rings (SSSR count). The number of ether oxygens (including phenoxy) is 1. The van der Waals surface area contributed by atoms with Gasteiger partial charge in [-0.25, -0.2) is 18.1 Å². The van der Waals surface area contributed by atoms with Gasteiger partial charge in [0.05, 0.1) is 29.5 Å². The number of halogens is 1. The number of nitrogens with zero attached hydrogens (tertiary/aromatic N) is 1. The van der Waals surface area contributed by atoms with Gasteiger partial charge >= 0.3 is 0 Å². The summed E-state index contributed by atoms with van der Waals surface area (Å²) in [5.41, 5.74) is 1.87. The molecular weight excluding hydrogens is 456 g/mol. The first-order chi connectivity index (χ1) is 12.4. The zero-order chi connectivity index (χ0) is 18.7. The highest BCUT2D eigenvalue weighted by Gasteiger charge is 2.13. The maximum Gasteiger partial charge on any atom is 0.208 e. The standard InChI is InChI=1S/C17H17BrN2O3S3/c1-23-15-5-3-11(18)9-13(15)17-20-14(10-24-17)16-6-4-12(25-16)7-8-19-26(2,21)22/h3-6,9-10,19H,7-8H2,1-2H3. The molecule has 5 nitrogen and oxygen atoms in total. The van der Waals surface area contributed by atoms with E-state index in [0.29, 0.717) is 13.0 Å². The van der Waals surface area contributed by atoms with E-state index >= 15 is 0 Å². The van der Waals surface area contributed by atoms with Crippen molar-refractivity contribution >= 4 is 48.6 Å². The highest BCUT2D eigenvalue weighted by molar-refractivity contribution is 9.10. The van der Waals surface area contributed by atoms with E-state index in [0.717, 1.165) is 36.2 Å². The molecule has 0 unspecified atom stereocenters. The minimum atomic E-state index is -3.15. The molecule has 0 aliphatic heterocycles. The van der Waals surface area contributed by atoms with E-state index in [2.05, 4.69) is 20.7 Å². The zero-order valence-corrected chi connectivity index (χ0v) is 18.2. The van der Waals surface area contributed by atoms with Crippen LogP contribution in [0, 0.1) is 0 Å². The molecule has 0 atom stereocenters. The number of hydrogen-bond donors (Lipinski definition) is 1. The van der Waals surface area contributed by atoms with Gasteiger partial charge in [-0.3, -0.25) is 0 Å². The number of rotatable bonds is 7. The van der Waals surface area contributed by atoms with Crippen molar-refractivity contribution in [2.45, 2.75) is 6.42 Å². The van der Waals surface area contributed by atoms with Gasteiger partial charge in [-0.2, -0.15) is 0 Å². The van der Waals surface area contributed by atoms with E-state index in [-0.39, 0.29) is 0 Å². The van der Waals surface area contributed by atoms with E-state index in [4.69, 9.17) is 9.72 Å². The third kappa shape index (κ3) is 4.92. The van der Waals surface area contributed by atoms with E-state index in [9.17, 15) is 8.42 Å². The Labute approximate surface area is 169 Å². The number of methoxy groups -OCH3 is 1. The van der Waals surface area contributed by atoms with Gasteiger partial charge in [-0.1, -0.05) is 15.9 Å². The van der Waals surface area contributed by atoms with Crippen LogP contribution in [0.15, 0.2) is 40.2 Å². The van der Waals surface area contributed by atoms with Gasteiger partial charge in [0, 0.05) is 21.3 Å². The number of benzene rings is 1. The number of thiophene rings is 1. The maximum atomic E-state index is 11.1. The van der Waals surface area contributed by atoms with Crippen molar-refractivity contribution in [3.63, 3.8) is 0 Å². The molecule has 0 fully saturated rings. The first-order valence-corrected chi connectivity index (χ1v) is 12.1. The van der Waals surface area contributed by atoms with Crippen molar-refractivity contribution in [1.29, 1.82) is 0 Å². The van der Waals surface area contributed by atoms with Crippen LogP contribution in [0.5, 0.6) is 5.75 Å². The molecule has 2 aromatic heterocycles. The Morgan fingerprint density at radius 3 is 2.81 bits per heavy atom. The van der Waals surface area contributed by atoms with E-state index in [1.165, 1.54) is 6.26 Å². The lowest BCUT2D eigenvalue weighted by atomic mass is 10.2. The van der Waals surface area contributed by atoms with E-state index in [1.54, 1.807) is 29.8 Å². The average Bonchev–Trinajstić information content (AvgIpc) is 3.22. The number of hydrogen-bond acceptors (Lipinski definition) is 6. The second kappa shape index (κ2) is 8.18. The third-order valence-corrected chi connectivity index (χ3v) is 6.81. The zero-order valence-electron chi connectivity index (χ0n) is 14.2. The molecule has 3 aromatic rings. The molecule has 1 N–H and O–H groups in total. The smallest absolute Gasteiger partial charge is 0.208 e. The van der Waals surface area contributed by atoms with Crippen LogP contribution >= 0.6 is 38.6 Å². The Kier molecular flexibility index (Phi) is 6.13.